The first-order valence-electron chi connectivity index (χ1n) is 3.29. The third kappa shape index (κ3) is 1.55. The molecule has 0 atom stereocenters. The Morgan fingerprint density at radius 1 is 1.00 bits per heavy atom. The van der Waals surface area contributed by atoms with E-state index in [9.17, 15) is 0 Å². The quantitative estimate of drug-likeness (QED) is 0.377. The minimum atomic E-state index is 0.322. The highest BCUT2D eigenvalue weighted by Gasteiger charge is 1.99. The molecule has 4 heteroatoms. The van der Waals surface area contributed by atoms with Gasteiger partial charge in [-0.25, -0.2) is 0 Å². The molecule has 0 nitrogen and oxygen atoms in total. The highest BCUT2D eigenvalue weighted by molar-refractivity contribution is 6.51. The fourth-order valence-corrected chi connectivity index (χ4v) is 0.927. The number of benzene rings is 1. The third-order valence-electron chi connectivity index (χ3n) is 1.63. The van der Waals surface area contributed by atoms with Gasteiger partial charge in [0.25, 0.3) is 0 Å². The van der Waals surface area contributed by atoms with Crippen molar-refractivity contribution in [2.45, 2.75) is 6.32 Å². The van der Waals surface area contributed by atoms with Gasteiger partial charge in [0.15, 0.2) is 0 Å². The summed E-state index contributed by atoms with van der Waals surface area (Å²) in [4.78, 5) is 0. The molecule has 0 N–H and O–H groups in total. The number of hydrogen-bond acceptors (Lipinski definition) is 0. The Balaban J connectivity index is 3.29. The normalized spacial score (nSPS) is 9.82. The van der Waals surface area contributed by atoms with Gasteiger partial charge in [-0.05, 0) is 0 Å². The average molecular weight is 131 g/mol. The van der Waals surface area contributed by atoms with Crippen molar-refractivity contribution in [3.8, 4) is 0 Å². The van der Waals surface area contributed by atoms with Crippen molar-refractivity contribution in [3.63, 3.8) is 0 Å². The van der Waals surface area contributed by atoms with Gasteiger partial charge in [0, 0.05) is 0 Å². The number of hydrogen-bond donors (Lipinski definition) is 0. The minimum absolute atomic E-state index is 0.322. The van der Waals surface area contributed by atoms with Gasteiger partial charge in [0.1, 0.15) is 23.5 Å². The second kappa shape index (κ2) is 3.25. The smallest absolute Gasteiger partial charge is 0.103 e. The van der Waals surface area contributed by atoms with Crippen LogP contribution < -0.4 is 16.4 Å². The molecule has 11 heavy (non-hydrogen) atoms. The molecule has 1 aromatic carbocycles. The van der Waals surface area contributed by atoms with Crippen LogP contribution in [0.15, 0.2) is 12.1 Å². The van der Waals surface area contributed by atoms with Crippen LogP contribution in [0.5, 0.6) is 0 Å². The molecule has 0 unspecified atom stereocenters. The lowest BCUT2D eigenvalue weighted by atomic mass is 9.70. The molecule has 1 aromatic rings. The van der Waals surface area contributed by atoms with Gasteiger partial charge in [-0.3, -0.25) is 0 Å². The first-order chi connectivity index (χ1) is 5.16. The Hall–Kier alpha value is -0.520. The van der Waals surface area contributed by atoms with Crippen molar-refractivity contribution in [2.24, 2.45) is 0 Å². The van der Waals surface area contributed by atoms with Crippen molar-refractivity contribution in [1.29, 1.82) is 0 Å². The second-order valence-corrected chi connectivity index (χ2v) is 2.34. The van der Waals surface area contributed by atoms with Gasteiger partial charge >= 0.3 is 0 Å². The lowest BCUT2D eigenvalue weighted by Gasteiger charge is -2.11. The molecular formula is C7H4B4. The van der Waals surface area contributed by atoms with Gasteiger partial charge in [0.05, 0.1) is 7.85 Å². The predicted molar refractivity (Wildman–Crippen MR) is 52.1 cm³/mol. The van der Waals surface area contributed by atoms with E-state index in [1.54, 1.807) is 12.1 Å². The lowest BCUT2D eigenvalue weighted by Crippen LogP contribution is -2.35. The third-order valence-corrected chi connectivity index (χ3v) is 1.63. The Bertz CT molecular complexity index is 269. The fourth-order valence-electron chi connectivity index (χ4n) is 0.927. The maximum absolute atomic E-state index is 5.61. The molecule has 0 spiro atoms. The van der Waals surface area contributed by atoms with Crippen LogP contribution in [0.25, 0.3) is 0 Å². The summed E-state index contributed by atoms with van der Waals surface area (Å²) in [6.07, 6.45) is 0.322. The summed E-state index contributed by atoms with van der Waals surface area (Å²) in [5, 5.41) is 0. The fraction of sp³-hybridized carbons (Fsp3) is 0.143. The molecule has 0 aliphatic carbocycles. The van der Waals surface area contributed by atoms with Crippen molar-refractivity contribution in [2.75, 3.05) is 0 Å². The van der Waals surface area contributed by atoms with Crippen molar-refractivity contribution < 1.29 is 0 Å². The zero-order chi connectivity index (χ0) is 8.43. The Labute approximate surface area is 72.4 Å². The van der Waals surface area contributed by atoms with Gasteiger partial charge in [-0.15, -0.1) is 10.9 Å². The highest BCUT2D eigenvalue weighted by Crippen LogP contribution is 1.86. The molecule has 0 bridgehead atoms. The second-order valence-electron chi connectivity index (χ2n) is 2.34. The summed E-state index contributed by atoms with van der Waals surface area (Å²) in [7, 11) is 22.1. The summed E-state index contributed by atoms with van der Waals surface area (Å²) in [5.74, 6) is 0. The maximum Gasteiger partial charge on any atom is 0.114 e. The molecular weight excluding hydrogens is 127 g/mol. The largest absolute Gasteiger partial charge is 0.114 e. The Morgan fingerprint density at radius 2 is 1.55 bits per heavy atom. The summed E-state index contributed by atoms with van der Waals surface area (Å²) in [5.41, 5.74) is 2.34. The monoisotopic (exact) mass is 132 g/mol. The zero-order valence-corrected chi connectivity index (χ0v) is 6.17. The minimum Gasteiger partial charge on any atom is -0.103 e. The summed E-state index contributed by atoms with van der Waals surface area (Å²) < 4.78 is 0. The Morgan fingerprint density at radius 3 is 2.00 bits per heavy atom. The van der Waals surface area contributed by atoms with E-state index in [0.717, 1.165) is 5.56 Å². The van der Waals surface area contributed by atoms with Crippen LogP contribution in [-0.2, 0) is 6.32 Å². The topological polar surface area (TPSA) is 0 Å². The molecule has 0 saturated heterocycles. The van der Waals surface area contributed by atoms with Crippen LogP contribution in [0.4, 0.5) is 0 Å². The lowest BCUT2D eigenvalue weighted by molar-refractivity contribution is 1.48. The molecule has 0 fully saturated rings. The van der Waals surface area contributed by atoms with Gasteiger partial charge in [0.2, 0.25) is 0 Å². The maximum atomic E-state index is 5.61. The van der Waals surface area contributed by atoms with E-state index in [1.165, 1.54) is 0 Å². The van der Waals surface area contributed by atoms with E-state index in [0.29, 0.717) is 22.7 Å². The molecule has 0 saturated carbocycles. The van der Waals surface area contributed by atoms with Crippen LogP contribution in [0.3, 0.4) is 0 Å². The van der Waals surface area contributed by atoms with E-state index in [4.69, 9.17) is 31.4 Å². The van der Waals surface area contributed by atoms with Gasteiger partial charge in [-0.2, -0.15) is 0 Å². The van der Waals surface area contributed by atoms with Crippen LogP contribution in [0, 0.1) is 0 Å². The molecule has 0 amide bonds. The van der Waals surface area contributed by atoms with Crippen molar-refractivity contribution >= 4 is 47.8 Å². The molecule has 44 valence electrons. The SMILES string of the molecule is [B]Cc1c([B])ccc([B])c1[B]. The molecule has 0 heterocycles. The summed E-state index contributed by atoms with van der Waals surface area (Å²) in [6.45, 7) is 0. The van der Waals surface area contributed by atoms with Crippen LogP contribution >= 0.6 is 0 Å². The molecule has 0 aromatic heterocycles. The zero-order valence-electron chi connectivity index (χ0n) is 6.17. The molecule has 0 aliphatic rings. The first kappa shape index (κ1) is 8.58. The van der Waals surface area contributed by atoms with Crippen molar-refractivity contribution in [3.05, 3.63) is 17.7 Å². The van der Waals surface area contributed by atoms with Crippen LogP contribution in [0.1, 0.15) is 5.56 Å². The molecule has 1 rings (SSSR count). The highest BCUT2D eigenvalue weighted by atomic mass is 14.0. The van der Waals surface area contributed by atoms with Gasteiger partial charge < -0.3 is 0 Å². The van der Waals surface area contributed by atoms with E-state index in [1.807, 2.05) is 0 Å². The average Bonchev–Trinajstić information content (AvgIpc) is 1.99. The summed E-state index contributed by atoms with van der Waals surface area (Å²) in [6, 6.07) is 3.37. The van der Waals surface area contributed by atoms with E-state index < -0.39 is 0 Å². The predicted octanol–water partition coefficient (Wildman–Crippen LogP) is -2.26. The summed E-state index contributed by atoms with van der Waals surface area (Å²) >= 11 is 0. The molecule has 8 radical (unpaired) electrons. The Kier molecular flexibility index (Phi) is 2.53. The van der Waals surface area contributed by atoms with E-state index in [-0.39, 0.29) is 0 Å². The van der Waals surface area contributed by atoms with Crippen LogP contribution in [0.2, 0.25) is 0 Å². The van der Waals surface area contributed by atoms with E-state index in [2.05, 4.69) is 0 Å². The standard InChI is InChI=1S/C7H4B4/c8-3-4-5(9)1-2-6(10)7(4)11/h1-2H,3H2. The van der Waals surface area contributed by atoms with Gasteiger partial charge in [-0.1, -0.05) is 29.5 Å². The van der Waals surface area contributed by atoms with Crippen LogP contribution in [-0.4, -0.2) is 31.4 Å². The number of rotatable bonds is 1. The van der Waals surface area contributed by atoms with E-state index >= 15 is 0 Å². The van der Waals surface area contributed by atoms with Crippen molar-refractivity contribution in [1.82, 2.24) is 0 Å². The first-order valence-corrected chi connectivity index (χ1v) is 3.29. The molecule has 0 aliphatic heterocycles.